The monoisotopic (exact) mass is 406 g/mol. The average Bonchev–Trinajstić information content (AvgIpc) is 2.98. The second-order valence-electron chi connectivity index (χ2n) is 9.69. The fourth-order valence-electron chi connectivity index (χ4n) is 3.67. The first kappa shape index (κ1) is 23.2. The van der Waals surface area contributed by atoms with Gasteiger partial charge >= 0.3 is 0 Å². The zero-order chi connectivity index (χ0) is 20.7. The van der Waals surface area contributed by atoms with E-state index in [4.69, 9.17) is 23.4 Å². The molecule has 2 aliphatic rings. The van der Waals surface area contributed by atoms with Gasteiger partial charge in [-0.2, -0.15) is 0 Å². The maximum atomic E-state index is 9.88. The van der Waals surface area contributed by atoms with E-state index in [0.29, 0.717) is 13.0 Å². The van der Waals surface area contributed by atoms with E-state index in [-0.39, 0.29) is 18.3 Å². The quantitative estimate of drug-likeness (QED) is 0.598. The summed E-state index contributed by atoms with van der Waals surface area (Å²) in [5.74, 6) is -0.778. The van der Waals surface area contributed by atoms with E-state index in [0.717, 1.165) is 0 Å². The average molecular weight is 407 g/mol. The van der Waals surface area contributed by atoms with Gasteiger partial charge in [0.15, 0.2) is 20.4 Å². The lowest BCUT2D eigenvalue weighted by molar-refractivity contribution is -0.238. The zero-order valence-electron chi connectivity index (χ0n) is 18.1. The van der Waals surface area contributed by atoms with Gasteiger partial charge in [0.2, 0.25) is 0 Å². The van der Waals surface area contributed by atoms with Gasteiger partial charge < -0.3 is 33.6 Å². The summed E-state index contributed by atoms with van der Waals surface area (Å²) in [7, 11) is -0.506. The molecule has 0 aromatic heterocycles. The van der Waals surface area contributed by atoms with Crippen LogP contribution in [0.1, 0.15) is 41.0 Å². The van der Waals surface area contributed by atoms with Crippen molar-refractivity contribution < 1.29 is 33.6 Å². The summed E-state index contributed by atoms with van der Waals surface area (Å²) in [6, 6.07) is 0. The van der Waals surface area contributed by atoms with E-state index in [9.17, 15) is 10.2 Å². The maximum Gasteiger partial charge on any atom is 0.192 e. The lowest BCUT2D eigenvalue weighted by Gasteiger charge is -2.44. The van der Waals surface area contributed by atoms with Crippen LogP contribution in [0.4, 0.5) is 0 Å². The molecule has 0 amide bonds. The minimum absolute atomic E-state index is 0.0460. The van der Waals surface area contributed by atoms with Gasteiger partial charge in [0.25, 0.3) is 0 Å². The number of aliphatic hydroxyl groups is 2. The highest BCUT2D eigenvalue weighted by atomic mass is 28.4. The molecule has 0 aliphatic carbocycles. The smallest absolute Gasteiger partial charge is 0.192 e. The van der Waals surface area contributed by atoms with Crippen molar-refractivity contribution in [2.45, 2.75) is 89.6 Å². The van der Waals surface area contributed by atoms with Crippen molar-refractivity contribution >= 4 is 8.32 Å². The van der Waals surface area contributed by atoms with Gasteiger partial charge in [-0.05, 0) is 38.4 Å². The molecule has 8 heteroatoms. The van der Waals surface area contributed by atoms with Crippen LogP contribution in [0.5, 0.6) is 0 Å². The fraction of sp³-hybridized carbons (Fsp3) is 1.00. The molecule has 2 heterocycles. The molecule has 0 radical (unpaired) electrons. The minimum Gasteiger partial charge on any atom is -0.416 e. The standard InChI is InChI=1S/C19H38O7Si/c1-17(2,3)27(7,8)23-12-19(9-10-20)14(13(11-21)22-6)24-16-15(19)25-18(4,5)26-16/h13-16,20-21H,9-12H2,1-8H3/t13-,14+,15-,16+,19+/m0/s1. The Hall–Kier alpha value is -0.0631. The largest absolute Gasteiger partial charge is 0.416 e. The van der Waals surface area contributed by atoms with Crippen LogP contribution < -0.4 is 0 Å². The molecule has 0 saturated carbocycles. The summed E-state index contributed by atoms with van der Waals surface area (Å²) in [6.07, 6.45) is -1.63. The molecule has 2 rings (SSSR count). The Bertz CT molecular complexity index is 501. The molecule has 2 aliphatic heterocycles. The highest BCUT2D eigenvalue weighted by molar-refractivity contribution is 6.74. The molecule has 0 aromatic carbocycles. The minimum atomic E-state index is -2.05. The van der Waals surface area contributed by atoms with Gasteiger partial charge in [-0.1, -0.05) is 20.8 Å². The molecule has 0 aromatic rings. The highest BCUT2D eigenvalue weighted by Gasteiger charge is 2.65. The van der Waals surface area contributed by atoms with Crippen molar-refractivity contribution in [2.24, 2.45) is 5.41 Å². The molecule has 5 atom stereocenters. The summed E-state index contributed by atoms with van der Waals surface area (Å²) >= 11 is 0. The van der Waals surface area contributed by atoms with Crippen molar-refractivity contribution in [1.82, 2.24) is 0 Å². The Morgan fingerprint density at radius 3 is 2.26 bits per heavy atom. The predicted octanol–water partition coefficient (Wildman–Crippen LogP) is 2.26. The van der Waals surface area contributed by atoms with Crippen LogP contribution in [-0.2, 0) is 23.4 Å². The van der Waals surface area contributed by atoms with Gasteiger partial charge in [0.05, 0.1) is 18.1 Å². The van der Waals surface area contributed by atoms with E-state index in [1.165, 1.54) is 0 Å². The molecule has 2 N–H and O–H groups in total. The first-order chi connectivity index (χ1) is 12.3. The number of hydrogen-bond acceptors (Lipinski definition) is 7. The summed E-state index contributed by atoms with van der Waals surface area (Å²) in [5.41, 5.74) is -0.674. The molecule has 2 saturated heterocycles. The molecule has 0 unspecified atom stereocenters. The lowest BCUT2D eigenvalue weighted by Crippen LogP contribution is -2.54. The molecular weight excluding hydrogens is 368 g/mol. The Labute approximate surface area is 164 Å². The third-order valence-electron chi connectivity index (χ3n) is 6.38. The highest BCUT2D eigenvalue weighted by Crippen LogP contribution is 2.52. The van der Waals surface area contributed by atoms with Crippen LogP contribution in [0.25, 0.3) is 0 Å². The van der Waals surface area contributed by atoms with Crippen LogP contribution in [0.15, 0.2) is 0 Å². The second kappa shape index (κ2) is 7.99. The van der Waals surface area contributed by atoms with Crippen LogP contribution in [0.3, 0.4) is 0 Å². The number of rotatable bonds is 8. The van der Waals surface area contributed by atoms with Crippen LogP contribution in [0, 0.1) is 5.41 Å². The topological polar surface area (TPSA) is 86.6 Å². The molecule has 7 nitrogen and oxygen atoms in total. The van der Waals surface area contributed by atoms with E-state index >= 15 is 0 Å². The van der Waals surface area contributed by atoms with E-state index in [1.54, 1.807) is 7.11 Å². The van der Waals surface area contributed by atoms with Crippen LogP contribution in [0.2, 0.25) is 18.1 Å². The molecule has 0 bridgehead atoms. The van der Waals surface area contributed by atoms with Crippen LogP contribution in [-0.4, -0.2) is 75.8 Å². The first-order valence-electron chi connectivity index (χ1n) is 9.73. The SMILES string of the molecule is CO[C@@H](CO)[C@H]1O[C@@H]2OC(C)(C)O[C@@H]2[C@]1(CCO)CO[Si](C)(C)C(C)(C)C. The van der Waals surface area contributed by atoms with Crippen molar-refractivity contribution in [2.75, 3.05) is 26.9 Å². The zero-order valence-corrected chi connectivity index (χ0v) is 19.1. The molecule has 160 valence electrons. The third kappa shape index (κ3) is 4.43. The summed E-state index contributed by atoms with van der Waals surface area (Å²) in [4.78, 5) is 0. The molecule has 27 heavy (non-hydrogen) atoms. The molecule has 2 fully saturated rings. The number of hydrogen-bond donors (Lipinski definition) is 2. The van der Waals surface area contributed by atoms with Crippen molar-refractivity contribution in [3.63, 3.8) is 0 Å². The van der Waals surface area contributed by atoms with Gasteiger partial charge in [0, 0.05) is 20.3 Å². The molecular formula is C19H38O7Si. The van der Waals surface area contributed by atoms with Gasteiger partial charge in [-0.3, -0.25) is 0 Å². The summed E-state index contributed by atoms with van der Waals surface area (Å²) in [5, 5.41) is 19.8. The van der Waals surface area contributed by atoms with Gasteiger partial charge in [-0.25, -0.2) is 0 Å². The predicted molar refractivity (Wildman–Crippen MR) is 104 cm³/mol. The van der Waals surface area contributed by atoms with Crippen molar-refractivity contribution in [3.05, 3.63) is 0 Å². The van der Waals surface area contributed by atoms with Crippen molar-refractivity contribution in [3.8, 4) is 0 Å². The number of fused-ring (bicyclic) bond motifs is 1. The second-order valence-corrected chi connectivity index (χ2v) is 14.5. The van der Waals surface area contributed by atoms with E-state index in [2.05, 4.69) is 33.9 Å². The molecule has 0 spiro atoms. The first-order valence-corrected chi connectivity index (χ1v) is 12.6. The Kier molecular flexibility index (Phi) is 6.87. The lowest BCUT2D eigenvalue weighted by atomic mass is 9.74. The van der Waals surface area contributed by atoms with E-state index < -0.39 is 44.1 Å². The van der Waals surface area contributed by atoms with Gasteiger partial charge in [0.1, 0.15) is 12.2 Å². The summed E-state index contributed by atoms with van der Waals surface area (Å²) in [6.45, 7) is 14.8. The fourth-order valence-corrected chi connectivity index (χ4v) is 4.73. The van der Waals surface area contributed by atoms with E-state index in [1.807, 2.05) is 13.8 Å². The van der Waals surface area contributed by atoms with Crippen LogP contribution >= 0.6 is 0 Å². The number of aliphatic hydroxyl groups excluding tert-OH is 2. The Balaban J connectivity index is 2.38. The summed E-state index contributed by atoms with van der Waals surface area (Å²) < 4.78 is 30.4. The van der Waals surface area contributed by atoms with Crippen molar-refractivity contribution in [1.29, 1.82) is 0 Å². The number of ether oxygens (including phenoxy) is 4. The number of methoxy groups -OCH3 is 1. The normalized spacial score (nSPS) is 34.7. The van der Waals surface area contributed by atoms with Gasteiger partial charge in [-0.15, -0.1) is 0 Å². The maximum absolute atomic E-state index is 9.88. The Morgan fingerprint density at radius 1 is 1.15 bits per heavy atom. The Morgan fingerprint density at radius 2 is 1.78 bits per heavy atom. The third-order valence-corrected chi connectivity index (χ3v) is 10.9.